The van der Waals surface area contributed by atoms with Gasteiger partial charge < -0.3 is 10.2 Å². The van der Waals surface area contributed by atoms with Gasteiger partial charge in [0.1, 0.15) is 5.82 Å². The van der Waals surface area contributed by atoms with Gasteiger partial charge in [0.05, 0.1) is 16.3 Å². The van der Waals surface area contributed by atoms with Crippen molar-refractivity contribution in [3.8, 4) is 0 Å². The number of anilines is 2. The van der Waals surface area contributed by atoms with Crippen molar-refractivity contribution in [3.05, 3.63) is 48.3 Å². The van der Waals surface area contributed by atoms with Gasteiger partial charge in [-0.1, -0.05) is 25.0 Å². The number of benzene rings is 2. The van der Waals surface area contributed by atoms with E-state index in [9.17, 15) is 22.4 Å². The molecule has 4 rings (SSSR count). The number of likely N-dealkylation sites (tertiary alicyclic amines) is 1. The molecule has 2 aliphatic rings. The molecule has 2 heterocycles. The van der Waals surface area contributed by atoms with Crippen molar-refractivity contribution in [2.75, 3.05) is 23.1 Å². The van der Waals surface area contributed by atoms with E-state index in [1.54, 1.807) is 11.0 Å². The van der Waals surface area contributed by atoms with Crippen LogP contribution in [0.15, 0.2) is 52.3 Å². The first kappa shape index (κ1) is 21.6. The van der Waals surface area contributed by atoms with Gasteiger partial charge in [0.15, 0.2) is 5.25 Å². The lowest BCUT2D eigenvalue weighted by Gasteiger charge is -2.28. The van der Waals surface area contributed by atoms with Crippen molar-refractivity contribution < 1.29 is 22.4 Å². The Morgan fingerprint density at radius 1 is 1.10 bits per heavy atom. The van der Waals surface area contributed by atoms with Crippen molar-refractivity contribution in [2.24, 2.45) is 0 Å². The molecule has 10 heteroatoms. The molecule has 164 valence electrons. The predicted molar refractivity (Wildman–Crippen MR) is 117 cm³/mol. The molecule has 7 nitrogen and oxygen atoms in total. The van der Waals surface area contributed by atoms with Crippen molar-refractivity contribution in [3.63, 3.8) is 0 Å². The zero-order valence-corrected chi connectivity index (χ0v) is 18.3. The maximum absolute atomic E-state index is 13.8. The quantitative estimate of drug-likeness (QED) is 0.678. The molecule has 0 bridgehead atoms. The Hall–Kier alpha value is -2.59. The Bertz CT molecular complexity index is 1120. The number of hydrogen-bond acceptors (Lipinski definition) is 5. The van der Waals surface area contributed by atoms with Crippen LogP contribution in [0.25, 0.3) is 0 Å². The second-order valence-corrected chi connectivity index (χ2v) is 10.3. The number of carbonyl (C=O) groups excluding carboxylic acids is 2. The number of fused-ring (bicyclic) bond motifs is 1. The number of rotatable bonds is 4. The highest BCUT2D eigenvalue weighted by Gasteiger charge is 2.36. The number of hydrogen-bond donors (Lipinski definition) is 2. The van der Waals surface area contributed by atoms with E-state index in [0.717, 1.165) is 43.5 Å². The summed E-state index contributed by atoms with van der Waals surface area (Å²) < 4.78 is 41.4. The van der Waals surface area contributed by atoms with Crippen LogP contribution >= 0.6 is 11.8 Å². The lowest BCUT2D eigenvalue weighted by Crippen LogP contribution is -2.45. The lowest BCUT2D eigenvalue weighted by atomic mass is 10.2. The fourth-order valence-corrected chi connectivity index (χ4v) is 5.77. The van der Waals surface area contributed by atoms with E-state index in [4.69, 9.17) is 0 Å². The molecule has 2 aliphatic heterocycles. The largest absolute Gasteiger partial charge is 0.341 e. The van der Waals surface area contributed by atoms with E-state index in [0.29, 0.717) is 23.7 Å². The fourth-order valence-electron chi connectivity index (χ4n) is 3.62. The second kappa shape index (κ2) is 8.88. The summed E-state index contributed by atoms with van der Waals surface area (Å²) in [5.74, 6) is -1.38. The maximum Gasteiger partial charge on any atom is 0.262 e. The summed E-state index contributed by atoms with van der Waals surface area (Å²) in [5.41, 5.74) is 0.146. The molecule has 0 aliphatic carbocycles. The van der Waals surface area contributed by atoms with Gasteiger partial charge in [-0.3, -0.25) is 14.3 Å². The van der Waals surface area contributed by atoms with Crippen LogP contribution in [0.4, 0.5) is 15.8 Å². The van der Waals surface area contributed by atoms with Crippen molar-refractivity contribution in [1.29, 1.82) is 0 Å². The summed E-state index contributed by atoms with van der Waals surface area (Å²) in [6.07, 6.45) is 4.01. The fraction of sp³-hybridized carbons (Fsp3) is 0.333. The molecule has 0 radical (unpaired) electrons. The number of nitrogens with zero attached hydrogens (tertiary/aromatic N) is 1. The van der Waals surface area contributed by atoms with Crippen LogP contribution in [0.1, 0.15) is 25.7 Å². The third-order valence-corrected chi connectivity index (χ3v) is 7.89. The second-order valence-electron chi connectivity index (χ2n) is 7.47. The monoisotopic (exact) mass is 463 g/mol. The molecule has 0 aromatic heterocycles. The first-order chi connectivity index (χ1) is 14.8. The Morgan fingerprint density at radius 3 is 2.52 bits per heavy atom. The highest BCUT2D eigenvalue weighted by Crippen LogP contribution is 2.38. The summed E-state index contributed by atoms with van der Waals surface area (Å²) >= 11 is 1.12. The number of halogens is 1. The zero-order chi connectivity index (χ0) is 22.0. The van der Waals surface area contributed by atoms with Crippen molar-refractivity contribution in [2.45, 2.75) is 40.7 Å². The first-order valence-corrected chi connectivity index (χ1v) is 12.4. The van der Waals surface area contributed by atoms with Crippen LogP contribution in [0.5, 0.6) is 0 Å². The molecule has 1 fully saturated rings. The number of thioether (sulfide) groups is 1. The van der Waals surface area contributed by atoms with E-state index < -0.39 is 27.0 Å². The van der Waals surface area contributed by atoms with Gasteiger partial charge in [0.25, 0.3) is 10.0 Å². The van der Waals surface area contributed by atoms with Gasteiger partial charge in [-0.05, 0) is 43.2 Å². The van der Waals surface area contributed by atoms with Gasteiger partial charge >= 0.3 is 0 Å². The van der Waals surface area contributed by atoms with Gasteiger partial charge in [-0.25, -0.2) is 12.8 Å². The number of nitrogens with one attached hydrogen (secondary N) is 2. The molecule has 0 saturated carbocycles. The number of para-hydroxylation sites is 1. The summed E-state index contributed by atoms with van der Waals surface area (Å²) in [4.78, 5) is 27.8. The Kier molecular flexibility index (Phi) is 6.19. The van der Waals surface area contributed by atoms with Crippen molar-refractivity contribution in [1.82, 2.24) is 4.90 Å². The molecular weight excluding hydrogens is 441 g/mol. The lowest BCUT2D eigenvalue weighted by molar-refractivity contribution is -0.133. The average Bonchev–Trinajstić information content (AvgIpc) is 3.03. The minimum absolute atomic E-state index is 0.118. The summed E-state index contributed by atoms with van der Waals surface area (Å²) in [6.45, 7) is 1.30. The maximum atomic E-state index is 13.8. The normalized spacial score (nSPS) is 19.2. The Morgan fingerprint density at radius 2 is 1.81 bits per heavy atom. The summed E-state index contributed by atoms with van der Waals surface area (Å²) in [5, 5.41) is 1.76. The zero-order valence-electron chi connectivity index (χ0n) is 16.6. The van der Waals surface area contributed by atoms with E-state index in [-0.39, 0.29) is 16.5 Å². The van der Waals surface area contributed by atoms with Gasteiger partial charge in [0.2, 0.25) is 11.8 Å². The van der Waals surface area contributed by atoms with Crippen LogP contribution in [-0.2, 0) is 19.6 Å². The van der Waals surface area contributed by atoms with Crippen LogP contribution in [0.2, 0.25) is 0 Å². The molecule has 2 aromatic carbocycles. The Balaban J connectivity index is 1.54. The highest BCUT2D eigenvalue weighted by molar-refractivity contribution is 8.01. The molecule has 2 amide bonds. The van der Waals surface area contributed by atoms with E-state index >= 15 is 0 Å². The smallest absolute Gasteiger partial charge is 0.262 e. The number of sulfonamides is 1. The first-order valence-electron chi connectivity index (χ1n) is 10.0. The number of carbonyl (C=O) groups is 2. The SMILES string of the molecule is O=C1Nc2cc(S(=O)(=O)Nc3ccccc3F)ccc2SC1C(=O)N1CCCCCC1. The average molecular weight is 464 g/mol. The van der Waals surface area contributed by atoms with Crippen LogP contribution in [-0.4, -0.2) is 43.5 Å². The molecule has 31 heavy (non-hydrogen) atoms. The third kappa shape index (κ3) is 4.69. The van der Waals surface area contributed by atoms with Crippen LogP contribution in [0, 0.1) is 5.82 Å². The summed E-state index contributed by atoms with van der Waals surface area (Å²) in [7, 11) is -4.06. The van der Waals surface area contributed by atoms with Crippen LogP contribution in [0.3, 0.4) is 0 Å². The Labute approximate surface area is 184 Å². The van der Waals surface area contributed by atoms with E-state index in [2.05, 4.69) is 10.0 Å². The summed E-state index contributed by atoms with van der Waals surface area (Å²) in [6, 6.07) is 9.70. The molecule has 1 atom stereocenters. The molecule has 1 unspecified atom stereocenters. The molecule has 2 N–H and O–H groups in total. The highest BCUT2D eigenvalue weighted by atomic mass is 32.2. The third-order valence-electron chi connectivity index (χ3n) is 5.26. The van der Waals surface area contributed by atoms with Gasteiger partial charge in [0, 0.05) is 18.0 Å². The van der Waals surface area contributed by atoms with Crippen molar-refractivity contribution >= 4 is 45.0 Å². The molecular formula is C21H22FN3O4S2. The van der Waals surface area contributed by atoms with Gasteiger partial charge in [-0.15, -0.1) is 11.8 Å². The minimum Gasteiger partial charge on any atom is -0.341 e. The minimum atomic E-state index is -4.06. The predicted octanol–water partition coefficient (Wildman–Crippen LogP) is 3.44. The standard InChI is InChI=1S/C21H22FN3O4S2/c22-15-7-3-4-8-16(15)24-31(28,29)14-9-10-18-17(13-14)23-20(26)19(30-18)21(27)25-11-5-1-2-6-12-25/h3-4,7-10,13,19,24H,1-2,5-6,11-12H2,(H,23,26). The van der Waals surface area contributed by atoms with E-state index in [1.165, 1.54) is 30.3 Å². The van der Waals surface area contributed by atoms with E-state index in [1.807, 2.05) is 0 Å². The molecule has 2 aromatic rings. The molecule has 0 spiro atoms. The molecule has 1 saturated heterocycles. The topological polar surface area (TPSA) is 95.6 Å². The van der Waals surface area contributed by atoms with Gasteiger partial charge in [-0.2, -0.15) is 0 Å². The van der Waals surface area contributed by atoms with Crippen LogP contribution < -0.4 is 10.0 Å². The number of amides is 2.